The number of nitrogens with two attached hydrogens (primary N) is 1. The number of alkyl halides is 3. The summed E-state index contributed by atoms with van der Waals surface area (Å²) in [7, 11) is 0. The molecular weight excluding hydrogens is 461 g/mol. The van der Waals surface area contributed by atoms with Crippen LogP contribution in [0.25, 0.3) is 11.3 Å². The normalized spacial score (nSPS) is 27.6. The van der Waals surface area contributed by atoms with E-state index in [0.717, 1.165) is 51.3 Å². The van der Waals surface area contributed by atoms with Gasteiger partial charge in [-0.2, -0.15) is 8.78 Å². The van der Waals surface area contributed by atoms with E-state index in [9.17, 15) is 13.2 Å². The molecule has 1 saturated carbocycles. The van der Waals surface area contributed by atoms with Gasteiger partial charge >= 0.3 is 6.61 Å². The smallest absolute Gasteiger partial charge is 0.387 e. The van der Waals surface area contributed by atoms with E-state index in [-0.39, 0.29) is 24.0 Å². The van der Waals surface area contributed by atoms with Crippen molar-refractivity contribution in [1.82, 2.24) is 19.9 Å². The molecule has 2 aromatic heterocycles. The Hall–Kier alpha value is -2.66. The highest BCUT2D eigenvalue weighted by Crippen LogP contribution is 2.41. The fourth-order valence-electron chi connectivity index (χ4n) is 5.09. The first-order valence-corrected chi connectivity index (χ1v) is 12.1. The standard InChI is InChI=1S/C24H31F3N6O2/c1-24(27)3-5-33(14-24)23-30-18(15-9-17(10-15)32-4-2-7-34-8-6-32)12-19(31-23)16-11-20(35-22(25)26)21(28)29-13-16/h11-13,15,17,22H,2-10,14H2,1H3,(H2,28,29)/t15?,17?,24-/m0/s1. The minimum absolute atomic E-state index is 0.125. The first kappa shape index (κ1) is 24.1. The predicted molar refractivity (Wildman–Crippen MR) is 125 cm³/mol. The fraction of sp³-hybridized carbons (Fsp3) is 0.625. The average Bonchev–Trinajstić information content (AvgIpc) is 2.96. The molecule has 190 valence electrons. The van der Waals surface area contributed by atoms with Gasteiger partial charge in [0, 0.05) is 62.1 Å². The lowest BCUT2D eigenvalue weighted by Crippen LogP contribution is -2.45. The van der Waals surface area contributed by atoms with Gasteiger partial charge in [0.15, 0.2) is 11.6 Å². The van der Waals surface area contributed by atoms with Crippen LogP contribution in [-0.2, 0) is 4.74 Å². The Kier molecular flexibility index (Phi) is 6.71. The molecule has 0 bridgehead atoms. The lowest BCUT2D eigenvalue weighted by molar-refractivity contribution is -0.0494. The van der Waals surface area contributed by atoms with Gasteiger partial charge in [-0.3, -0.25) is 4.90 Å². The van der Waals surface area contributed by atoms with Gasteiger partial charge in [0.05, 0.1) is 18.8 Å². The van der Waals surface area contributed by atoms with Gasteiger partial charge in [-0.1, -0.05) is 0 Å². The van der Waals surface area contributed by atoms with Crippen molar-refractivity contribution in [3.05, 3.63) is 24.0 Å². The van der Waals surface area contributed by atoms with Crippen LogP contribution in [0.1, 0.15) is 44.2 Å². The van der Waals surface area contributed by atoms with Gasteiger partial charge in [0.25, 0.3) is 0 Å². The number of rotatable bonds is 6. The Morgan fingerprint density at radius 1 is 1.17 bits per heavy atom. The number of halogens is 3. The molecule has 35 heavy (non-hydrogen) atoms. The van der Waals surface area contributed by atoms with E-state index in [0.29, 0.717) is 36.2 Å². The Balaban J connectivity index is 1.43. The van der Waals surface area contributed by atoms with Crippen LogP contribution in [-0.4, -0.2) is 77.6 Å². The van der Waals surface area contributed by atoms with Crippen LogP contribution in [0, 0.1) is 0 Å². The monoisotopic (exact) mass is 492 g/mol. The van der Waals surface area contributed by atoms with Crippen molar-refractivity contribution in [2.24, 2.45) is 0 Å². The topological polar surface area (TPSA) is 89.6 Å². The molecule has 8 nitrogen and oxygen atoms in total. The summed E-state index contributed by atoms with van der Waals surface area (Å²) in [6, 6.07) is 3.77. The van der Waals surface area contributed by atoms with Crippen LogP contribution < -0.4 is 15.4 Å². The number of ether oxygens (including phenoxy) is 2. The molecule has 0 radical (unpaired) electrons. The maximum Gasteiger partial charge on any atom is 0.387 e. The molecule has 2 aliphatic heterocycles. The second-order valence-electron chi connectivity index (χ2n) is 9.87. The van der Waals surface area contributed by atoms with Gasteiger partial charge in [0.2, 0.25) is 5.95 Å². The summed E-state index contributed by atoms with van der Waals surface area (Å²) in [6.07, 6.45) is 4.85. The summed E-state index contributed by atoms with van der Waals surface area (Å²) >= 11 is 0. The number of aromatic nitrogens is 3. The maximum atomic E-state index is 14.6. The zero-order chi connectivity index (χ0) is 24.6. The summed E-state index contributed by atoms with van der Waals surface area (Å²) in [5.41, 5.74) is 6.29. The third-order valence-electron chi connectivity index (χ3n) is 7.14. The molecule has 3 aliphatic rings. The Bertz CT molecular complexity index is 1040. The molecule has 4 heterocycles. The molecule has 0 unspecified atom stereocenters. The first-order chi connectivity index (χ1) is 16.8. The maximum absolute atomic E-state index is 14.6. The lowest BCUT2D eigenvalue weighted by Gasteiger charge is -2.42. The fourth-order valence-corrected chi connectivity index (χ4v) is 5.09. The molecule has 2 saturated heterocycles. The number of hydrogen-bond donors (Lipinski definition) is 1. The second kappa shape index (κ2) is 9.77. The van der Waals surface area contributed by atoms with Crippen LogP contribution >= 0.6 is 0 Å². The molecule has 0 spiro atoms. The molecule has 5 rings (SSSR count). The molecule has 1 aliphatic carbocycles. The number of hydrogen-bond acceptors (Lipinski definition) is 8. The lowest BCUT2D eigenvalue weighted by atomic mass is 9.77. The Morgan fingerprint density at radius 2 is 2.00 bits per heavy atom. The Labute approximate surface area is 202 Å². The quantitative estimate of drug-likeness (QED) is 0.654. The molecule has 3 fully saturated rings. The molecule has 1 atom stereocenters. The minimum Gasteiger partial charge on any atom is -0.431 e. The molecule has 11 heteroatoms. The van der Waals surface area contributed by atoms with Gasteiger partial charge in [0.1, 0.15) is 5.67 Å². The van der Waals surface area contributed by atoms with Gasteiger partial charge in [-0.15, -0.1) is 0 Å². The summed E-state index contributed by atoms with van der Waals surface area (Å²) in [5, 5.41) is 0. The van der Waals surface area contributed by atoms with E-state index in [2.05, 4.69) is 19.6 Å². The van der Waals surface area contributed by atoms with E-state index in [1.807, 2.05) is 11.0 Å². The van der Waals surface area contributed by atoms with Crippen molar-refractivity contribution in [3.63, 3.8) is 0 Å². The van der Waals surface area contributed by atoms with Crippen molar-refractivity contribution in [3.8, 4) is 17.0 Å². The van der Waals surface area contributed by atoms with Crippen LogP contribution in [0.4, 0.5) is 24.9 Å². The van der Waals surface area contributed by atoms with Crippen molar-refractivity contribution in [2.75, 3.05) is 50.0 Å². The van der Waals surface area contributed by atoms with Crippen LogP contribution in [0.15, 0.2) is 18.3 Å². The highest BCUT2D eigenvalue weighted by atomic mass is 19.3. The van der Waals surface area contributed by atoms with Crippen LogP contribution in [0.2, 0.25) is 0 Å². The van der Waals surface area contributed by atoms with Crippen molar-refractivity contribution in [2.45, 2.75) is 56.8 Å². The highest BCUT2D eigenvalue weighted by molar-refractivity contribution is 5.65. The first-order valence-electron chi connectivity index (χ1n) is 12.1. The largest absolute Gasteiger partial charge is 0.431 e. The van der Waals surface area contributed by atoms with Crippen molar-refractivity contribution in [1.29, 1.82) is 0 Å². The minimum atomic E-state index is -3.02. The zero-order valence-corrected chi connectivity index (χ0v) is 19.8. The average molecular weight is 493 g/mol. The number of nitrogens with zero attached hydrogens (tertiary/aromatic N) is 5. The van der Waals surface area contributed by atoms with E-state index >= 15 is 0 Å². The van der Waals surface area contributed by atoms with Crippen molar-refractivity contribution < 1.29 is 22.6 Å². The zero-order valence-electron chi connectivity index (χ0n) is 19.8. The molecule has 0 amide bonds. The van der Waals surface area contributed by atoms with E-state index in [1.165, 1.54) is 12.3 Å². The third kappa shape index (κ3) is 5.45. The molecule has 0 aromatic carbocycles. The predicted octanol–water partition coefficient (Wildman–Crippen LogP) is 3.63. The molecular formula is C24H31F3N6O2. The highest BCUT2D eigenvalue weighted by Gasteiger charge is 2.38. The number of anilines is 2. The van der Waals surface area contributed by atoms with Gasteiger partial charge < -0.3 is 20.1 Å². The summed E-state index contributed by atoms with van der Waals surface area (Å²) in [4.78, 5) is 17.8. The van der Waals surface area contributed by atoms with Gasteiger partial charge in [-0.25, -0.2) is 19.3 Å². The number of nitrogen functional groups attached to an aromatic ring is 1. The SMILES string of the molecule is C[C@]1(F)CCN(c2nc(-c3cnc(N)c(OC(F)F)c3)cc(C3CC(N4CCCOCC4)C3)n2)C1. The molecule has 2 aromatic rings. The van der Waals surface area contributed by atoms with E-state index in [4.69, 9.17) is 15.5 Å². The van der Waals surface area contributed by atoms with E-state index < -0.39 is 12.3 Å². The summed E-state index contributed by atoms with van der Waals surface area (Å²) in [6.45, 7) is 2.81. The van der Waals surface area contributed by atoms with Gasteiger partial charge in [-0.05, 0) is 38.3 Å². The molecule has 2 N–H and O–H groups in total. The van der Waals surface area contributed by atoms with Crippen LogP contribution in [0.3, 0.4) is 0 Å². The van der Waals surface area contributed by atoms with E-state index in [1.54, 1.807) is 6.92 Å². The summed E-state index contributed by atoms with van der Waals surface area (Å²) in [5.74, 6) is 0.351. The second-order valence-corrected chi connectivity index (χ2v) is 9.87. The third-order valence-corrected chi connectivity index (χ3v) is 7.14. The Morgan fingerprint density at radius 3 is 2.74 bits per heavy atom. The summed E-state index contributed by atoms with van der Waals surface area (Å²) < 4.78 is 50.4. The van der Waals surface area contributed by atoms with Crippen molar-refractivity contribution >= 4 is 11.8 Å². The number of pyridine rings is 1. The van der Waals surface area contributed by atoms with Crippen LogP contribution in [0.5, 0.6) is 5.75 Å².